The van der Waals surface area contributed by atoms with E-state index in [1.807, 2.05) is 24.3 Å². The standard InChI is InChI=1S/C17H22N2/c1-17(2,11-13-3-7-15(18)8-4-13)12-14-5-9-16(19)10-6-14/h3-10H,11-12,18-19H2,1-2H3. The lowest BCUT2D eigenvalue weighted by molar-refractivity contribution is 0.361. The van der Waals surface area contributed by atoms with Crippen LogP contribution in [0, 0.1) is 5.41 Å². The Kier molecular flexibility index (Phi) is 3.79. The minimum Gasteiger partial charge on any atom is -0.399 e. The lowest BCUT2D eigenvalue weighted by Crippen LogP contribution is -2.18. The highest BCUT2D eigenvalue weighted by molar-refractivity contribution is 5.40. The molecule has 2 aromatic carbocycles. The fourth-order valence-electron chi connectivity index (χ4n) is 2.44. The van der Waals surface area contributed by atoms with Crippen LogP contribution in [0.3, 0.4) is 0 Å². The van der Waals surface area contributed by atoms with E-state index in [0.717, 1.165) is 24.2 Å². The molecule has 4 N–H and O–H groups in total. The summed E-state index contributed by atoms with van der Waals surface area (Å²) in [5.41, 5.74) is 15.9. The zero-order valence-corrected chi connectivity index (χ0v) is 11.7. The van der Waals surface area contributed by atoms with Crippen LogP contribution in [0.1, 0.15) is 25.0 Å². The third-order valence-corrected chi connectivity index (χ3v) is 3.32. The van der Waals surface area contributed by atoms with Gasteiger partial charge in [-0.05, 0) is 53.6 Å². The molecule has 2 heteroatoms. The molecule has 0 saturated carbocycles. The van der Waals surface area contributed by atoms with Crippen molar-refractivity contribution in [2.24, 2.45) is 5.41 Å². The maximum Gasteiger partial charge on any atom is 0.0314 e. The van der Waals surface area contributed by atoms with Crippen LogP contribution in [0.25, 0.3) is 0 Å². The molecule has 0 fully saturated rings. The smallest absolute Gasteiger partial charge is 0.0314 e. The zero-order chi connectivity index (χ0) is 13.9. The number of rotatable bonds is 4. The van der Waals surface area contributed by atoms with E-state index in [2.05, 4.69) is 38.1 Å². The SMILES string of the molecule is CC(C)(Cc1ccc(N)cc1)Cc1ccc(N)cc1. The van der Waals surface area contributed by atoms with Crippen LogP contribution < -0.4 is 11.5 Å². The average Bonchev–Trinajstić information content (AvgIpc) is 2.34. The lowest BCUT2D eigenvalue weighted by Gasteiger charge is -2.25. The van der Waals surface area contributed by atoms with Gasteiger partial charge in [0.25, 0.3) is 0 Å². The van der Waals surface area contributed by atoms with Crippen LogP contribution in [-0.2, 0) is 12.8 Å². The largest absolute Gasteiger partial charge is 0.399 e. The summed E-state index contributed by atoms with van der Waals surface area (Å²) in [6.07, 6.45) is 2.08. The van der Waals surface area contributed by atoms with Crippen molar-refractivity contribution in [3.05, 3.63) is 59.7 Å². The Labute approximate surface area is 115 Å². The fraction of sp³-hybridized carbons (Fsp3) is 0.294. The van der Waals surface area contributed by atoms with Gasteiger partial charge in [0.1, 0.15) is 0 Å². The Hall–Kier alpha value is -1.96. The van der Waals surface area contributed by atoms with Crippen molar-refractivity contribution < 1.29 is 0 Å². The van der Waals surface area contributed by atoms with Gasteiger partial charge in [-0.3, -0.25) is 0 Å². The molecule has 0 bridgehead atoms. The quantitative estimate of drug-likeness (QED) is 0.818. The summed E-state index contributed by atoms with van der Waals surface area (Å²) in [6, 6.07) is 16.3. The first-order valence-electron chi connectivity index (χ1n) is 6.63. The number of hydrogen-bond donors (Lipinski definition) is 2. The van der Waals surface area contributed by atoms with Crippen LogP contribution in [0.5, 0.6) is 0 Å². The van der Waals surface area contributed by atoms with Crippen LogP contribution in [0.15, 0.2) is 48.5 Å². The first kappa shape index (κ1) is 13.5. The Bertz CT molecular complexity index is 475. The van der Waals surface area contributed by atoms with E-state index >= 15 is 0 Å². The lowest BCUT2D eigenvalue weighted by atomic mass is 9.80. The second-order valence-corrected chi connectivity index (χ2v) is 6.00. The van der Waals surface area contributed by atoms with Crippen molar-refractivity contribution >= 4 is 11.4 Å². The molecular formula is C17H22N2. The highest BCUT2D eigenvalue weighted by Gasteiger charge is 2.19. The molecule has 0 aliphatic heterocycles. The summed E-state index contributed by atoms with van der Waals surface area (Å²) in [5, 5.41) is 0. The molecule has 0 radical (unpaired) electrons. The molecule has 0 aliphatic rings. The summed E-state index contributed by atoms with van der Waals surface area (Å²) >= 11 is 0. The molecule has 0 atom stereocenters. The molecule has 0 amide bonds. The molecule has 2 nitrogen and oxygen atoms in total. The molecular weight excluding hydrogens is 232 g/mol. The van der Waals surface area contributed by atoms with E-state index < -0.39 is 0 Å². The molecule has 0 unspecified atom stereocenters. The fourth-order valence-corrected chi connectivity index (χ4v) is 2.44. The maximum absolute atomic E-state index is 5.72. The normalized spacial score (nSPS) is 11.5. The Morgan fingerprint density at radius 3 is 1.32 bits per heavy atom. The predicted octanol–water partition coefficient (Wildman–Crippen LogP) is 3.66. The predicted molar refractivity (Wildman–Crippen MR) is 82.9 cm³/mol. The first-order chi connectivity index (χ1) is 8.94. The molecule has 0 aromatic heterocycles. The molecule has 0 heterocycles. The third-order valence-electron chi connectivity index (χ3n) is 3.32. The zero-order valence-electron chi connectivity index (χ0n) is 11.7. The summed E-state index contributed by atoms with van der Waals surface area (Å²) in [7, 11) is 0. The van der Waals surface area contributed by atoms with Gasteiger partial charge in [-0.2, -0.15) is 0 Å². The van der Waals surface area contributed by atoms with E-state index in [0.29, 0.717) is 0 Å². The van der Waals surface area contributed by atoms with Crippen LogP contribution in [-0.4, -0.2) is 0 Å². The van der Waals surface area contributed by atoms with Gasteiger partial charge in [0.15, 0.2) is 0 Å². The van der Waals surface area contributed by atoms with Crippen molar-refractivity contribution in [2.45, 2.75) is 26.7 Å². The highest BCUT2D eigenvalue weighted by Crippen LogP contribution is 2.27. The third kappa shape index (κ3) is 4.02. The average molecular weight is 254 g/mol. The summed E-state index contributed by atoms with van der Waals surface area (Å²) in [5.74, 6) is 0. The summed E-state index contributed by atoms with van der Waals surface area (Å²) in [6.45, 7) is 4.58. The highest BCUT2D eigenvalue weighted by atomic mass is 14.5. The van der Waals surface area contributed by atoms with Crippen LogP contribution in [0.2, 0.25) is 0 Å². The number of benzene rings is 2. The molecule has 2 aromatic rings. The van der Waals surface area contributed by atoms with Crippen molar-refractivity contribution in [3.8, 4) is 0 Å². The topological polar surface area (TPSA) is 52.0 Å². The van der Waals surface area contributed by atoms with E-state index in [1.54, 1.807) is 0 Å². The van der Waals surface area contributed by atoms with Gasteiger partial charge in [0.2, 0.25) is 0 Å². The van der Waals surface area contributed by atoms with Gasteiger partial charge in [0, 0.05) is 11.4 Å². The van der Waals surface area contributed by atoms with Gasteiger partial charge >= 0.3 is 0 Å². The maximum atomic E-state index is 5.72. The molecule has 100 valence electrons. The Balaban J connectivity index is 2.05. The molecule has 19 heavy (non-hydrogen) atoms. The van der Waals surface area contributed by atoms with E-state index in [-0.39, 0.29) is 5.41 Å². The van der Waals surface area contributed by atoms with Crippen molar-refractivity contribution in [1.29, 1.82) is 0 Å². The van der Waals surface area contributed by atoms with E-state index in [1.165, 1.54) is 11.1 Å². The Morgan fingerprint density at radius 1 is 0.684 bits per heavy atom. The number of anilines is 2. The summed E-state index contributed by atoms with van der Waals surface area (Å²) < 4.78 is 0. The first-order valence-corrected chi connectivity index (χ1v) is 6.63. The van der Waals surface area contributed by atoms with E-state index in [9.17, 15) is 0 Å². The van der Waals surface area contributed by atoms with Gasteiger partial charge < -0.3 is 11.5 Å². The van der Waals surface area contributed by atoms with Crippen LogP contribution >= 0.6 is 0 Å². The Morgan fingerprint density at radius 2 is 1.00 bits per heavy atom. The number of nitrogen functional groups attached to an aromatic ring is 2. The van der Waals surface area contributed by atoms with Crippen molar-refractivity contribution in [2.75, 3.05) is 11.5 Å². The summed E-state index contributed by atoms with van der Waals surface area (Å²) in [4.78, 5) is 0. The molecule has 0 aliphatic carbocycles. The monoisotopic (exact) mass is 254 g/mol. The van der Waals surface area contributed by atoms with Gasteiger partial charge in [-0.15, -0.1) is 0 Å². The van der Waals surface area contributed by atoms with Crippen molar-refractivity contribution in [1.82, 2.24) is 0 Å². The van der Waals surface area contributed by atoms with Gasteiger partial charge in [0.05, 0.1) is 0 Å². The minimum absolute atomic E-state index is 0.215. The molecule has 0 spiro atoms. The second kappa shape index (κ2) is 5.35. The molecule has 0 saturated heterocycles. The van der Waals surface area contributed by atoms with Crippen molar-refractivity contribution in [3.63, 3.8) is 0 Å². The van der Waals surface area contributed by atoms with Gasteiger partial charge in [-0.1, -0.05) is 38.1 Å². The van der Waals surface area contributed by atoms with E-state index in [4.69, 9.17) is 11.5 Å². The molecule has 2 rings (SSSR count). The van der Waals surface area contributed by atoms with Crippen LogP contribution in [0.4, 0.5) is 11.4 Å². The number of hydrogen-bond acceptors (Lipinski definition) is 2. The second-order valence-electron chi connectivity index (χ2n) is 6.00. The van der Waals surface area contributed by atoms with Gasteiger partial charge in [-0.25, -0.2) is 0 Å². The number of nitrogens with two attached hydrogens (primary N) is 2. The minimum atomic E-state index is 0.215.